The second-order valence-corrected chi connectivity index (χ2v) is 12.6. The predicted octanol–water partition coefficient (Wildman–Crippen LogP) is 7.94. The lowest BCUT2D eigenvalue weighted by Crippen LogP contribution is -2.53. The molecule has 0 aromatic carbocycles. The van der Waals surface area contributed by atoms with Gasteiger partial charge in [-0.1, -0.05) is 59.0 Å². The average Bonchev–Trinajstić information content (AvgIpc) is 3.04. The highest BCUT2D eigenvalue weighted by Gasteiger charge is 2.60. The van der Waals surface area contributed by atoms with Crippen molar-refractivity contribution < 1.29 is 5.21 Å². The van der Waals surface area contributed by atoms with Crippen molar-refractivity contribution in [1.29, 1.82) is 0 Å². The van der Waals surface area contributed by atoms with Gasteiger partial charge in [0, 0.05) is 0 Å². The zero-order chi connectivity index (χ0) is 20.8. The van der Waals surface area contributed by atoms with Gasteiger partial charge in [0.05, 0.1) is 5.71 Å². The molecule has 166 valence electrons. The quantitative estimate of drug-likeness (QED) is 0.368. The van der Waals surface area contributed by atoms with Crippen LogP contribution < -0.4 is 0 Å². The molecule has 0 saturated heterocycles. The van der Waals surface area contributed by atoms with Gasteiger partial charge in [-0.15, -0.1) is 0 Å². The highest BCUT2D eigenvalue weighted by atomic mass is 16.4. The Labute approximate surface area is 180 Å². The summed E-state index contributed by atoms with van der Waals surface area (Å²) >= 11 is 0. The molecule has 8 atom stereocenters. The van der Waals surface area contributed by atoms with Crippen molar-refractivity contribution in [2.24, 2.45) is 57.4 Å². The lowest BCUT2D eigenvalue weighted by atomic mass is 9.44. The van der Waals surface area contributed by atoms with Gasteiger partial charge in [-0.05, 0) is 110 Å². The number of fused-ring (bicyclic) bond motifs is 5. The summed E-state index contributed by atoms with van der Waals surface area (Å²) in [5.74, 6) is 6.36. The molecule has 29 heavy (non-hydrogen) atoms. The van der Waals surface area contributed by atoms with E-state index in [1.165, 1.54) is 64.2 Å². The third kappa shape index (κ3) is 3.69. The molecule has 4 saturated carbocycles. The molecule has 0 aromatic rings. The van der Waals surface area contributed by atoms with Crippen LogP contribution in [-0.4, -0.2) is 10.9 Å². The normalized spacial score (nSPS) is 47.0. The van der Waals surface area contributed by atoms with Crippen LogP contribution in [0.1, 0.15) is 112 Å². The molecule has 2 nitrogen and oxygen atoms in total. The van der Waals surface area contributed by atoms with E-state index in [0.29, 0.717) is 10.8 Å². The molecule has 2 heteroatoms. The van der Waals surface area contributed by atoms with Crippen LogP contribution in [0.25, 0.3) is 0 Å². The largest absolute Gasteiger partial charge is 0.411 e. The highest BCUT2D eigenvalue weighted by molar-refractivity contribution is 5.85. The molecule has 4 aliphatic rings. The summed E-state index contributed by atoms with van der Waals surface area (Å²) in [6, 6.07) is 0. The first-order valence-electron chi connectivity index (χ1n) is 13.0. The Hall–Kier alpha value is -0.530. The van der Waals surface area contributed by atoms with Gasteiger partial charge in [0.1, 0.15) is 0 Å². The van der Waals surface area contributed by atoms with E-state index < -0.39 is 0 Å². The Morgan fingerprint density at radius 1 is 0.931 bits per heavy atom. The van der Waals surface area contributed by atoms with Crippen LogP contribution in [0.5, 0.6) is 0 Å². The summed E-state index contributed by atoms with van der Waals surface area (Å²) in [5.41, 5.74) is 2.18. The van der Waals surface area contributed by atoms with Crippen LogP contribution in [0.15, 0.2) is 5.16 Å². The first kappa shape index (κ1) is 21.7. The molecule has 0 radical (unpaired) electrons. The van der Waals surface area contributed by atoms with Crippen molar-refractivity contribution in [3.05, 3.63) is 0 Å². The van der Waals surface area contributed by atoms with E-state index in [9.17, 15) is 5.21 Å². The zero-order valence-corrected chi connectivity index (χ0v) is 19.9. The zero-order valence-electron chi connectivity index (χ0n) is 19.9. The second-order valence-electron chi connectivity index (χ2n) is 12.6. The van der Waals surface area contributed by atoms with Crippen molar-refractivity contribution >= 4 is 5.71 Å². The van der Waals surface area contributed by atoms with E-state index in [0.717, 1.165) is 60.0 Å². The fourth-order valence-corrected chi connectivity index (χ4v) is 9.18. The third-order valence-corrected chi connectivity index (χ3v) is 10.8. The van der Waals surface area contributed by atoms with Crippen LogP contribution in [0.2, 0.25) is 0 Å². The van der Waals surface area contributed by atoms with Gasteiger partial charge in [-0.25, -0.2) is 0 Å². The molecule has 1 N–H and O–H groups in total. The maximum Gasteiger partial charge on any atom is 0.0574 e. The lowest BCUT2D eigenvalue weighted by molar-refractivity contribution is -0.105. The molecule has 0 aromatic heterocycles. The molecule has 4 aliphatic carbocycles. The van der Waals surface area contributed by atoms with Gasteiger partial charge >= 0.3 is 0 Å². The Balaban J connectivity index is 1.46. The molecule has 4 rings (SSSR count). The van der Waals surface area contributed by atoms with Crippen molar-refractivity contribution in [3.8, 4) is 0 Å². The van der Waals surface area contributed by atoms with E-state index in [2.05, 4.69) is 39.8 Å². The van der Waals surface area contributed by atoms with E-state index >= 15 is 0 Å². The molecule has 0 bridgehead atoms. The molecule has 4 fully saturated rings. The van der Waals surface area contributed by atoms with Gasteiger partial charge < -0.3 is 5.21 Å². The summed E-state index contributed by atoms with van der Waals surface area (Å²) in [6.45, 7) is 12.6. The minimum absolute atomic E-state index is 0.499. The number of nitrogens with zero attached hydrogens (tertiary/aromatic N) is 1. The van der Waals surface area contributed by atoms with Crippen LogP contribution in [0.4, 0.5) is 0 Å². The van der Waals surface area contributed by atoms with E-state index in [1.54, 1.807) is 0 Å². The van der Waals surface area contributed by atoms with Crippen LogP contribution in [0.3, 0.4) is 0 Å². The van der Waals surface area contributed by atoms with Crippen molar-refractivity contribution in [2.45, 2.75) is 112 Å². The Kier molecular flexibility index (Phi) is 6.13. The number of rotatable bonds is 5. The summed E-state index contributed by atoms with van der Waals surface area (Å²) in [5, 5.41) is 12.9. The smallest absolute Gasteiger partial charge is 0.0574 e. The second kappa shape index (κ2) is 8.19. The van der Waals surface area contributed by atoms with Crippen LogP contribution in [-0.2, 0) is 0 Å². The summed E-state index contributed by atoms with van der Waals surface area (Å²) in [6.07, 6.45) is 16.4. The predicted molar refractivity (Wildman–Crippen MR) is 122 cm³/mol. The molecule has 1 unspecified atom stereocenters. The van der Waals surface area contributed by atoms with E-state index in [4.69, 9.17) is 0 Å². The Morgan fingerprint density at radius 2 is 1.69 bits per heavy atom. The van der Waals surface area contributed by atoms with Gasteiger partial charge in [0.15, 0.2) is 0 Å². The fraction of sp³-hybridized carbons (Fsp3) is 0.963. The maximum atomic E-state index is 9.32. The van der Waals surface area contributed by atoms with Crippen LogP contribution in [0, 0.1) is 52.3 Å². The summed E-state index contributed by atoms with van der Waals surface area (Å²) in [4.78, 5) is 0. The average molecular weight is 402 g/mol. The van der Waals surface area contributed by atoms with Gasteiger partial charge in [-0.3, -0.25) is 0 Å². The maximum absolute atomic E-state index is 9.32. The summed E-state index contributed by atoms with van der Waals surface area (Å²) in [7, 11) is 0. The third-order valence-electron chi connectivity index (χ3n) is 10.8. The Bertz CT molecular complexity index is 612. The first-order chi connectivity index (χ1) is 13.8. The molecule has 0 aliphatic heterocycles. The summed E-state index contributed by atoms with van der Waals surface area (Å²) < 4.78 is 0. The lowest BCUT2D eigenvalue weighted by Gasteiger charge is -2.60. The van der Waals surface area contributed by atoms with Crippen molar-refractivity contribution in [3.63, 3.8) is 0 Å². The fourth-order valence-electron chi connectivity index (χ4n) is 9.18. The SMILES string of the molecule is CC(C)CCC[C@@H](C)[C@H]1CC[C@H]2[C@H]3CCC4C/C(=N\O)CC[C@]4(C)[C@H]3CC[C@]12C. The van der Waals surface area contributed by atoms with Crippen LogP contribution >= 0.6 is 0 Å². The molecule has 0 amide bonds. The van der Waals surface area contributed by atoms with Gasteiger partial charge in [0.2, 0.25) is 0 Å². The molecular weight excluding hydrogens is 354 g/mol. The highest BCUT2D eigenvalue weighted by Crippen LogP contribution is 2.68. The standard InChI is InChI=1S/C27H47NO/c1-18(2)7-6-8-19(3)23-11-12-24-22-10-9-20-17-21(28-29)13-15-26(20,4)25(22)14-16-27(23,24)5/h18-20,22-25,29H,6-17H2,1-5H3/b28-21-/t19-,20?,22-,23-,24+,25+,26+,27-/m1/s1. The van der Waals surface area contributed by atoms with Crippen molar-refractivity contribution in [1.82, 2.24) is 0 Å². The van der Waals surface area contributed by atoms with E-state index in [1.807, 2.05) is 0 Å². The number of oxime groups is 1. The van der Waals surface area contributed by atoms with Crippen molar-refractivity contribution in [2.75, 3.05) is 0 Å². The monoisotopic (exact) mass is 401 g/mol. The molecule has 0 heterocycles. The topological polar surface area (TPSA) is 32.6 Å². The minimum atomic E-state index is 0.499. The van der Waals surface area contributed by atoms with Gasteiger partial charge in [-0.2, -0.15) is 0 Å². The molecular formula is C27H47NO. The first-order valence-corrected chi connectivity index (χ1v) is 13.0. The van der Waals surface area contributed by atoms with Gasteiger partial charge in [0.25, 0.3) is 0 Å². The minimum Gasteiger partial charge on any atom is -0.411 e. The number of hydrogen-bond acceptors (Lipinski definition) is 2. The molecule has 0 spiro atoms. The number of hydrogen-bond donors (Lipinski definition) is 1. The van der Waals surface area contributed by atoms with E-state index in [-0.39, 0.29) is 0 Å². The Morgan fingerprint density at radius 3 is 2.41 bits per heavy atom.